The minimum atomic E-state index is 0.287. The Morgan fingerprint density at radius 1 is 1.23 bits per heavy atom. The molecule has 0 amide bonds. The van der Waals surface area contributed by atoms with Gasteiger partial charge in [-0.2, -0.15) is 0 Å². The molecule has 6 nitrogen and oxygen atoms in total. The maximum atomic E-state index is 5.96. The first-order valence-electron chi connectivity index (χ1n) is 7.15. The second kappa shape index (κ2) is 8.05. The van der Waals surface area contributed by atoms with Gasteiger partial charge in [0.15, 0.2) is 5.82 Å². The summed E-state index contributed by atoms with van der Waals surface area (Å²) in [5.41, 5.74) is 1.28. The van der Waals surface area contributed by atoms with E-state index in [0.29, 0.717) is 23.5 Å². The van der Waals surface area contributed by atoms with Crippen molar-refractivity contribution < 1.29 is 9.47 Å². The Kier molecular flexibility index (Phi) is 6.09. The van der Waals surface area contributed by atoms with Crippen LogP contribution in [-0.4, -0.2) is 34.3 Å². The number of nitrogens with zero attached hydrogens (tertiary/aromatic N) is 3. The average Bonchev–Trinajstić information content (AvgIpc) is 2.86. The number of benzene rings is 1. The van der Waals surface area contributed by atoms with Crippen LogP contribution in [0.2, 0.25) is 0 Å². The molecule has 1 aromatic heterocycles. The van der Waals surface area contributed by atoms with Crippen molar-refractivity contribution in [3.8, 4) is 5.75 Å². The molecule has 0 atom stereocenters. The van der Waals surface area contributed by atoms with Gasteiger partial charge in [0.25, 0.3) is 0 Å². The number of aromatic nitrogens is 3. The van der Waals surface area contributed by atoms with Gasteiger partial charge in [-0.25, -0.2) is 4.68 Å². The van der Waals surface area contributed by atoms with Gasteiger partial charge in [-0.15, -0.1) is 10.2 Å². The highest BCUT2D eigenvalue weighted by atomic mass is 32.2. The van der Waals surface area contributed by atoms with Gasteiger partial charge in [0.1, 0.15) is 12.4 Å². The van der Waals surface area contributed by atoms with E-state index in [1.807, 2.05) is 12.1 Å². The van der Waals surface area contributed by atoms with Gasteiger partial charge in [0, 0.05) is 12.9 Å². The van der Waals surface area contributed by atoms with Crippen molar-refractivity contribution >= 4 is 11.8 Å². The van der Waals surface area contributed by atoms with Crippen LogP contribution >= 0.6 is 11.8 Å². The van der Waals surface area contributed by atoms with Crippen molar-refractivity contribution in [1.82, 2.24) is 14.9 Å². The standard InChI is InChI=1S/C15H22N4O2S/c1-11(2)12-4-6-13(7-5-12)21-10-14-17-18-15(19(14)16)22-9-8-20-3/h4-7,11H,8-10,16H2,1-3H3. The molecule has 0 bridgehead atoms. The lowest BCUT2D eigenvalue weighted by atomic mass is 10.0. The quantitative estimate of drug-likeness (QED) is 0.457. The maximum Gasteiger partial charge on any atom is 0.209 e. The van der Waals surface area contributed by atoms with Crippen LogP contribution in [-0.2, 0) is 11.3 Å². The smallest absolute Gasteiger partial charge is 0.209 e. The summed E-state index contributed by atoms with van der Waals surface area (Å²) in [5.74, 6) is 8.64. The van der Waals surface area contributed by atoms with Crippen molar-refractivity contribution in [2.45, 2.75) is 31.5 Å². The number of nitrogen functional groups attached to an aromatic ring is 1. The highest BCUT2D eigenvalue weighted by Crippen LogP contribution is 2.20. The predicted molar refractivity (Wildman–Crippen MR) is 87.6 cm³/mol. The Morgan fingerprint density at radius 2 is 1.95 bits per heavy atom. The van der Waals surface area contributed by atoms with Crippen molar-refractivity contribution in [3.05, 3.63) is 35.7 Å². The van der Waals surface area contributed by atoms with Crippen LogP contribution < -0.4 is 10.6 Å². The highest BCUT2D eigenvalue weighted by Gasteiger charge is 2.10. The van der Waals surface area contributed by atoms with E-state index in [-0.39, 0.29) is 6.61 Å². The zero-order valence-corrected chi connectivity index (χ0v) is 14.0. The van der Waals surface area contributed by atoms with Crippen LogP contribution in [0.25, 0.3) is 0 Å². The molecule has 0 aliphatic heterocycles. The molecule has 120 valence electrons. The fourth-order valence-electron chi connectivity index (χ4n) is 1.82. The fourth-order valence-corrected chi connectivity index (χ4v) is 2.59. The van der Waals surface area contributed by atoms with E-state index < -0.39 is 0 Å². The largest absolute Gasteiger partial charge is 0.486 e. The molecular formula is C15H22N4O2S. The Balaban J connectivity index is 1.91. The topological polar surface area (TPSA) is 75.2 Å². The first kappa shape index (κ1) is 16.6. The third-order valence-corrected chi connectivity index (χ3v) is 4.08. The third kappa shape index (κ3) is 4.38. The Bertz CT molecular complexity index is 584. The molecule has 0 saturated carbocycles. The lowest BCUT2D eigenvalue weighted by Gasteiger charge is -2.08. The molecular weight excluding hydrogens is 300 g/mol. The minimum absolute atomic E-state index is 0.287. The number of hydrogen-bond acceptors (Lipinski definition) is 6. The zero-order valence-electron chi connectivity index (χ0n) is 13.2. The SMILES string of the molecule is COCCSc1nnc(COc2ccc(C(C)C)cc2)n1N. The lowest BCUT2D eigenvalue weighted by molar-refractivity contribution is 0.218. The van der Waals surface area contributed by atoms with Gasteiger partial charge in [0.05, 0.1) is 6.61 Å². The molecule has 2 rings (SSSR count). The summed E-state index contributed by atoms with van der Waals surface area (Å²) in [6, 6.07) is 8.06. The van der Waals surface area contributed by atoms with Gasteiger partial charge >= 0.3 is 0 Å². The van der Waals surface area contributed by atoms with Gasteiger partial charge in [0.2, 0.25) is 5.16 Å². The van der Waals surface area contributed by atoms with Gasteiger partial charge in [-0.05, 0) is 23.6 Å². The predicted octanol–water partition coefficient (Wildman–Crippen LogP) is 2.43. The van der Waals surface area contributed by atoms with Crippen LogP contribution in [0.3, 0.4) is 0 Å². The second-order valence-corrected chi connectivity index (χ2v) is 6.18. The van der Waals surface area contributed by atoms with Crippen LogP contribution in [0.1, 0.15) is 31.2 Å². The first-order valence-corrected chi connectivity index (χ1v) is 8.14. The highest BCUT2D eigenvalue weighted by molar-refractivity contribution is 7.99. The van der Waals surface area contributed by atoms with E-state index in [2.05, 4.69) is 36.2 Å². The summed E-state index contributed by atoms with van der Waals surface area (Å²) in [5, 5.41) is 8.77. The van der Waals surface area contributed by atoms with E-state index in [0.717, 1.165) is 11.5 Å². The van der Waals surface area contributed by atoms with E-state index >= 15 is 0 Å². The van der Waals surface area contributed by atoms with E-state index in [1.165, 1.54) is 22.0 Å². The molecule has 0 aliphatic rings. The molecule has 0 radical (unpaired) electrons. The Hall–Kier alpha value is -1.73. The summed E-state index contributed by atoms with van der Waals surface area (Å²) in [6.45, 7) is 5.26. The summed E-state index contributed by atoms with van der Waals surface area (Å²) in [7, 11) is 1.66. The molecule has 1 aromatic carbocycles. The van der Waals surface area contributed by atoms with Crippen LogP contribution in [0, 0.1) is 0 Å². The van der Waals surface area contributed by atoms with E-state index in [1.54, 1.807) is 7.11 Å². The average molecular weight is 322 g/mol. The number of thioether (sulfide) groups is 1. The molecule has 0 unspecified atom stereocenters. The van der Waals surface area contributed by atoms with Crippen LogP contribution in [0.5, 0.6) is 5.75 Å². The van der Waals surface area contributed by atoms with Crippen LogP contribution in [0.15, 0.2) is 29.4 Å². The minimum Gasteiger partial charge on any atom is -0.486 e. The third-order valence-electron chi connectivity index (χ3n) is 3.17. The Morgan fingerprint density at radius 3 is 2.59 bits per heavy atom. The van der Waals surface area contributed by atoms with E-state index in [4.69, 9.17) is 15.3 Å². The Labute approximate surface area is 135 Å². The van der Waals surface area contributed by atoms with Crippen molar-refractivity contribution in [3.63, 3.8) is 0 Å². The molecule has 0 spiro atoms. The van der Waals surface area contributed by atoms with Gasteiger partial charge in [-0.1, -0.05) is 37.7 Å². The number of nitrogens with two attached hydrogens (primary N) is 1. The van der Waals surface area contributed by atoms with Crippen LogP contribution in [0.4, 0.5) is 0 Å². The fraction of sp³-hybridized carbons (Fsp3) is 0.467. The van der Waals surface area contributed by atoms with Crippen molar-refractivity contribution in [2.75, 3.05) is 25.3 Å². The van der Waals surface area contributed by atoms with E-state index in [9.17, 15) is 0 Å². The maximum absolute atomic E-state index is 5.96. The lowest BCUT2D eigenvalue weighted by Crippen LogP contribution is -2.16. The molecule has 0 saturated heterocycles. The molecule has 2 N–H and O–H groups in total. The normalized spacial score (nSPS) is 11.1. The summed E-state index contributed by atoms with van der Waals surface area (Å²) in [4.78, 5) is 0. The zero-order chi connectivity index (χ0) is 15.9. The molecule has 7 heteroatoms. The molecule has 22 heavy (non-hydrogen) atoms. The monoisotopic (exact) mass is 322 g/mol. The summed E-state index contributed by atoms with van der Waals surface area (Å²) in [6.07, 6.45) is 0. The number of hydrogen-bond donors (Lipinski definition) is 1. The van der Waals surface area contributed by atoms with Gasteiger partial charge < -0.3 is 15.3 Å². The van der Waals surface area contributed by atoms with Crippen molar-refractivity contribution in [1.29, 1.82) is 0 Å². The van der Waals surface area contributed by atoms with Crippen molar-refractivity contribution in [2.24, 2.45) is 0 Å². The number of rotatable bonds is 8. The molecule has 0 fully saturated rings. The number of ether oxygens (including phenoxy) is 2. The summed E-state index contributed by atoms with van der Waals surface area (Å²) < 4.78 is 12.2. The van der Waals surface area contributed by atoms with Gasteiger partial charge in [-0.3, -0.25) is 0 Å². The first-order chi connectivity index (χ1) is 10.6. The number of methoxy groups -OCH3 is 1. The molecule has 0 aliphatic carbocycles. The molecule has 1 heterocycles. The molecule has 2 aromatic rings. The summed E-state index contributed by atoms with van der Waals surface area (Å²) >= 11 is 1.50. The second-order valence-electron chi connectivity index (χ2n) is 5.12.